The Bertz CT molecular complexity index is 854. The fourth-order valence-corrected chi connectivity index (χ4v) is 6.73. The molecule has 0 radical (unpaired) electrons. The minimum Gasteiger partial charge on any atom is -0.393 e. The fraction of sp³-hybridized carbons (Fsp3) is 0.586. The topological polar surface area (TPSA) is 49.7 Å². The van der Waals surface area contributed by atoms with Crippen molar-refractivity contribution in [2.45, 2.75) is 77.6 Å². The molecule has 0 saturated heterocycles. The number of aliphatic hydroxyl groups is 2. The molecule has 3 fully saturated rings. The second-order valence-corrected chi connectivity index (χ2v) is 10.6. The number of fused-ring (bicyclic) bond motifs is 1. The molecule has 3 aliphatic rings. The largest absolute Gasteiger partial charge is 0.393 e. The van der Waals surface area contributed by atoms with E-state index in [9.17, 15) is 10.2 Å². The van der Waals surface area contributed by atoms with E-state index >= 15 is 0 Å². The molecule has 0 aromatic heterocycles. The molecule has 0 amide bonds. The predicted molar refractivity (Wildman–Crippen MR) is 130 cm³/mol. The summed E-state index contributed by atoms with van der Waals surface area (Å²) in [6.07, 6.45) is 10.6. The quantitative estimate of drug-likeness (QED) is 0.577. The monoisotopic (exact) mass is 436 g/mol. The van der Waals surface area contributed by atoms with Crippen LogP contribution < -0.4 is 0 Å². The maximum Gasteiger partial charge on any atom is 0.0811 e. The molecule has 3 heteroatoms. The van der Waals surface area contributed by atoms with Crippen LogP contribution in [0.5, 0.6) is 0 Å². The molecule has 174 valence electrons. The summed E-state index contributed by atoms with van der Waals surface area (Å²) in [5.74, 6) is 1.86. The number of benzene rings is 1. The summed E-state index contributed by atoms with van der Waals surface area (Å²) in [5, 5.41) is 20.2. The SMILES string of the molecule is C=C1C(=CC=C2CCC[C@]3(C)[C@@H]([C@H](C)COCc4ccccc4)CC[C@@H]23)C[C@@H](O)C[C@@H]1O. The average molecular weight is 437 g/mol. The lowest BCUT2D eigenvalue weighted by Gasteiger charge is -2.44. The average Bonchev–Trinajstić information content (AvgIpc) is 3.13. The Balaban J connectivity index is 1.41. The zero-order valence-electron chi connectivity index (χ0n) is 19.8. The van der Waals surface area contributed by atoms with E-state index in [0.717, 1.165) is 24.2 Å². The minimum absolute atomic E-state index is 0.334. The van der Waals surface area contributed by atoms with Crippen molar-refractivity contribution < 1.29 is 14.9 Å². The van der Waals surface area contributed by atoms with Gasteiger partial charge in [0.25, 0.3) is 0 Å². The van der Waals surface area contributed by atoms with E-state index in [1.807, 2.05) is 6.07 Å². The molecule has 0 heterocycles. The minimum atomic E-state index is -0.618. The second-order valence-electron chi connectivity index (χ2n) is 10.6. The molecule has 0 spiro atoms. The molecule has 1 aromatic rings. The lowest BCUT2D eigenvalue weighted by Crippen LogP contribution is -2.37. The van der Waals surface area contributed by atoms with Crippen LogP contribution in [-0.2, 0) is 11.3 Å². The van der Waals surface area contributed by atoms with Gasteiger partial charge in [-0.1, -0.05) is 68.5 Å². The van der Waals surface area contributed by atoms with Crippen molar-refractivity contribution in [3.63, 3.8) is 0 Å². The Kier molecular flexibility index (Phi) is 7.39. The molecule has 1 aromatic carbocycles. The number of rotatable bonds is 6. The molecule has 3 aliphatic carbocycles. The van der Waals surface area contributed by atoms with E-state index in [2.05, 4.69) is 56.8 Å². The van der Waals surface area contributed by atoms with Gasteiger partial charge in [0.05, 0.1) is 18.8 Å². The third kappa shape index (κ3) is 4.95. The van der Waals surface area contributed by atoms with Gasteiger partial charge >= 0.3 is 0 Å². The number of aliphatic hydroxyl groups excluding tert-OH is 2. The van der Waals surface area contributed by atoms with Crippen LogP contribution in [0.2, 0.25) is 0 Å². The summed E-state index contributed by atoms with van der Waals surface area (Å²) in [6.45, 7) is 10.5. The van der Waals surface area contributed by atoms with Crippen molar-refractivity contribution in [2.24, 2.45) is 23.2 Å². The molecule has 3 nitrogen and oxygen atoms in total. The van der Waals surface area contributed by atoms with E-state index in [1.165, 1.54) is 31.2 Å². The van der Waals surface area contributed by atoms with Crippen molar-refractivity contribution in [1.82, 2.24) is 0 Å². The number of hydrogen-bond donors (Lipinski definition) is 2. The predicted octanol–water partition coefficient (Wildman–Crippen LogP) is 5.98. The lowest BCUT2D eigenvalue weighted by molar-refractivity contribution is 0.0277. The van der Waals surface area contributed by atoms with Gasteiger partial charge in [-0.05, 0) is 78.4 Å². The van der Waals surface area contributed by atoms with E-state index in [-0.39, 0.29) is 0 Å². The van der Waals surface area contributed by atoms with E-state index in [1.54, 1.807) is 5.57 Å². The summed E-state index contributed by atoms with van der Waals surface area (Å²) >= 11 is 0. The van der Waals surface area contributed by atoms with Crippen LogP contribution in [0.25, 0.3) is 0 Å². The number of hydrogen-bond acceptors (Lipinski definition) is 3. The zero-order chi connectivity index (χ0) is 22.7. The van der Waals surface area contributed by atoms with Crippen LogP contribution in [0.4, 0.5) is 0 Å². The van der Waals surface area contributed by atoms with Crippen LogP contribution in [0.3, 0.4) is 0 Å². The van der Waals surface area contributed by atoms with Crippen LogP contribution in [0.1, 0.15) is 64.4 Å². The van der Waals surface area contributed by atoms with E-state index in [4.69, 9.17) is 4.74 Å². The third-order valence-corrected chi connectivity index (χ3v) is 8.48. The number of allylic oxidation sites excluding steroid dienone is 3. The standard InChI is InChI=1S/C29H40O3/c1-20(18-32-19-22-8-5-4-6-9-22)26-13-14-27-23(10-7-15-29(26,27)3)11-12-24-16-25(30)17-28(31)21(24)2/h4-6,8-9,11-12,20,25-28,30-31H,2,7,10,13-19H2,1,3H3/t20-,25-,26-,27+,28+,29-/m1/s1. The summed E-state index contributed by atoms with van der Waals surface area (Å²) in [5.41, 5.74) is 4.91. The van der Waals surface area contributed by atoms with Gasteiger partial charge in [0.1, 0.15) is 0 Å². The first-order chi connectivity index (χ1) is 15.4. The highest BCUT2D eigenvalue weighted by Gasteiger charge is 2.50. The van der Waals surface area contributed by atoms with Gasteiger partial charge in [0.15, 0.2) is 0 Å². The first-order valence-electron chi connectivity index (χ1n) is 12.4. The Hall–Kier alpha value is -1.68. The molecule has 6 atom stereocenters. The van der Waals surface area contributed by atoms with Crippen LogP contribution in [-0.4, -0.2) is 29.0 Å². The maximum atomic E-state index is 10.2. The van der Waals surface area contributed by atoms with Crippen molar-refractivity contribution >= 4 is 0 Å². The highest BCUT2D eigenvalue weighted by Crippen LogP contribution is 2.59. The van der Waals surface area contributed by atoms with Crippen molar-refractivity contribution in [2.75, 3.05) is 6.61 Å². The Labute approximate surface area is 193 Å². The molecular formula is C29H40O3. The van der Waals surface area contributed by atoms with Gasteiger partial charge in [0, 0.05) is 13.0 Å². The molecule has 0 unspecified atom stereocenters. The fourth-order valence-electron chi connectivity index (χ4n) is 6.73. The molecular weight excluding hydrogens is 396 g/mol. The van der Waals surface area contributed by atoms with Gasteiger partial charge < -0.3 is 14.9 Å². The van der Waals surface area contributed by atoms with Gasteiger partial charge in [-0.15, -0.1) is 0 Å². The van der Waals surface area contributed by atoms with Crippen LogP contribution in [0.15, 0.2) is 65.8 Å². The van der Waals surface area contributed by atoms with Gasteiger partial charge in [-0.3, -0.25) is 0 Å². The molecule has 3 saturated carbocycles. The first kappa shape index (κ1) is 23.5. The summed E-state index contributed by atoms with van der Waals surface area (Å²) in [6, 6.07) is 10.4. The first-order valence-corrected chi connectivity index (χ1v) is 12.4. The molecule has 0 aliphatic heterocycles. The van der Waals surface area contributed by atoms with E-state index < -0.39 is 12.2 Å². The van der Waals surface area contributed by atoms with E-state index in [0.29, 0.717) is 42.6 Å². The maximum absolute atomic E-state index is 10.2. The highest BCUT2D eigenvalue weighted by molar-refractivity contribution is 5.38. The Morgan fingerprint density at radius 2 is 1.97 bits per heavy atom. The summed E-state index contributed by atoms with van der Waals surface area (Å²) in [4.78, 5) is 0. The number of ether oxygens (including phenoxy) is 1. The summed E-state index contributed by atoms with van der Waals surface area (Å²) in [7, 11) is 0. The Morgan fingerprint density at radius 1 is 1.19 bits per heavy atom. The lowest BCUT2D eigenvalue weighted by atomic mass is 9.61. The highest BCUT2D eigenvalue weighted by atomic mass is 16.5. The van der Waals surface area contributed by atoms with Crippen LogP contribution in [0, 0.1) is 23.2 Å². The summed E-state index contributed by atoms with van der Waals surface area (Å²) < 4.78 is 6.12. The zero-order valence-corrected chi connectivity index (χ0v) is 19.8. The van der Waals surface area contributed by atoms with Crippen molar-refractivity contribution in [1.29, 1.82) is 0 Å². The molecule has 2 N–H and O–H groups in total. The molecule has 0 bridgehead atoms. The van der Waals surface area contributed by atoms with Gasteiger partial charge in [-0.25, -0.2) is 0 Å². The molecule has 32 heavy (non-hydrogen) atoms. The second kappa shape index (κ2) is 10.1. The normalized spacial score (nSPS) is 36.4. The molecule has 4 rings (SSSR count). The third-order valence-electron chi connectivity index (χ3n) is 8.48. The van der Waals surface area contributed by atoms with Crippen molar-refractivity contribution in [3.05, 3.63) is 71.3 Å². The smallest absolute Gasteiger partial charge is 0.0811 e. The van der Waals surface area contributed by atoms with Crippen molar-refractivity contribution in [3.8, 4) is 0 Å². The van der Waals surface area contributed by atoms with Gasteiger partial charge in [0.2, 0.25) is 0 Å². The van der Waals surface area contributed by atoms with Crippen LogP contribution >= 0.6 is 0 Å². The Morgan fingerprint density at radius 3 is 2.75 bits per heavy atom. The van der Waals surface area contributed by atoms with Gasteiger partial charge in [-0.2, -0.15) is 0 Å².